The van der Waals surface area contributed by atoms with Gasteiger partial charge in [0.05, 0.1) is 5.02 Å². The van der Waals surface area contributed by atoms with Crippen LogP contribution in [0.15, 0.2) is 72.8 Å². The van der Waals surface area contributed by atoms with Crippen LogP contribution in [0.4, 0.5) is 4.39 Å². The summed E-state index contributed by atoms with van der Waals surface area (Å²) in [5.41, 5.74) is 1.17. The smallest absolute Gasteiger partial charge is 0.261 e. The molecule has 0 aliphatic heterocycles. The Morgan fingerprint density at radius 3 is 2.39 bits per heavy atom. The van der Waals surface area contributed by atoms with Gasteiger partial charge in [-0.05, 0) is 43.2 Å². The van der Waals surface area contributed by atoms with Gasteiger partial charge in [-0.1, -0.05) is 78.7 Å². The summed E-state index contributed by atoms with van der Waals surface area (Å²) in [6, 6.07) is 19.3. The Hall–Kier alpha value is -3.09. The fourth-order valence-electron chi connectivity index (χ4n) is 3.62. The molecule has 0 unspecified atom stereocenters. The van der Waals surface area contributed by atoms with Crippen molar-refractivity contribution in [1.82, 2.24) is 10.2 Å². The number of nitrogens with zero attached hydrogens (tertiary/aromatic N) is 1. The Bertz CT molecular complexity index is 1180. The van der Waals surface area contributed by atoms with Crippen LogP contribution < -0.4 is 10.1 Å². The maximum atomic E-state index is 14.6. The van der Waals surface area contributed by atoms with Gasteiger partial charge in [-0.3, -0.25) is 9.59 Å². The summed E-state index contributed by atoms with van der Waals surface area (Å²) >= 11 is 12.1. The maximum absolute atomic E-state index is 14.6. The van der Waals surface area contributed by atoms with Crippen molar-refractivity contribution in [1.29, 1.82) is 0 Å². The summed E-state index contributed by atoms with van der Waals surface area (Å²) in [5.74, 6) is -0.978. The van der Waals surface area contributed by atoms with E-state index < -0.39 is 24.4 Å². The molecule has 36 heavy (non-hydrogen) atoms. The molecule has 3 aromatic rings. The molecule has 0 fully saturated rings. The first-order valence-electron chi connectivity index (χ1n) is 11.7. The molecule has 2 atom stereocenters. The number of rotatable bonds is 11. The van der Waals surface area contributed by atoms with Gasteiger partial charge in [-0.15, -0.1) is 0 Å². The minimum absolute atomic E-state index is 0.0923. The lowest BCUT2D eigenvalue weighted by molar-refractivity contribution is -0.143. The number of benzene rings is 3. The van der Waals surface area contributed by atoms with Crippen molar-refractivity contribution >= 4 is 35.0 Å². The predicted molar refractivity (Wildman–Crippen MR) is 141 cm³/mol. The van der Waals surface area contributed by atoms with E-state index in [-0.39, 0.29) is 35.7 Å². The van der Waals surface area contributed by atoms with Crippen molar-refractivity contribution in [3.05, 3.63) is 99.8 Å². The zero-order chi connectivity index (χ0) is 26.1. The number of carbonyl (C=O) groups excluding carboxylic acids is 2. The average Bonchev–Trinajstić information content (AvgIpc) is 2.87. The summed E-state index contributed by atoms with van der Waals surface area (Å²) < 4.78 is 20.3. The minimum Gasteiger partial charge on any atom is -0.482 e. The quantitative estimate of drug-likeness (QED) is 0.327. The van der Waals surface area contributed by atoms with Crippen molar-refractivity contribution in [3.63, 3.8) is 0 Å². The first-order valence-corrected chi connectivity index (χ1v) is 12.5. The van der Waals surface area contributed by atoms with Gasteiger partial charge >= 0.3 is 0 Å². The van der Waals surface area contributed by atoms with E-state index in [9.17, 15) is 14.0 Å². The lowest BCUT2D eigenvalue weighted by Crippen LogP contribution is -2.53. The van der Waals surface area contributed by atoms with E-state index in [1.807, 2.05) is 44.2 Å². The first-order chi connectivity index (χ1) is 17.3. The monoisotopic (exact) mass is 530 g/mol. The Morgan fingerprint density at radius 2 is 1.72 bits per heavy atom. The van der Waals surface area contributed by atoms with Crippen molar-refractivity contribution in [2.24, 2.45) is 0 Å². The highest BCUT2D eigenvalue weighted by molar-refractivity contribution is 6.35. The molecule has 0 spiro atoms. The molecule has 3 aromatic carbocycles. The van der Waals surface area contributed by atoms with Crippen molar-refractivity contribution in [2.75, 3.05) is 6.61 Å². The van der Waals surface area contributed by atoms with Crippen LogP contribution >= 0.6 is 23.2 Å². The third kappa shape index (κ3) is 7.70. The van der Waals surface area contributed by atoms with E-state index in [4.69, 9.17) is 27.9 Å². The van der Waals surface area contributed by atoms with E-state index in [2.05, 4.69) is 5.32 Å². The molecule has 0 aliphatic rings. The second kappa shape index (κ2) is 13.3. The van der Waals surface area contributed by atoms with Gasteiger partial charge in [-0.25, -0.2) is 4.39 Å². The molecular weight excluding hydrogens is 502 g/mol. The fourth-order valence-corrected chi connectivity index (χ4v) is 4.08. The summed E-state index contributed by atoms with van der Waals surface area (Å²) in [6.07, 6.45) is 0.980. The molecule has 0 saturated heterocycles. The molecular formula is C28H29Cl2FN2O3. The van der Waals surface area contributed by atoms with E-state index in [1.54, 1.807) is 30.3 Å². The predicted octanol–water partition coefficient (Wildman–Crippen LogP) is 6.07. The van der Waals surface area contributed by atoms with Crippen LogP contribution in [0, 0.1) is 5.82 Å². The maximum Gasteiger partial charge on any atom is 0.261 e. The van der Waals surface area contributed by atoms with Crippen LogP contribution in [0.25, 0.3) is 0 Å². The van der Waals surface area contributed by atoms with E-state index >= 15 is 0 Å². The third-order valence-corrected chi connectivity index (χ3v) is 6.35. The Balaban J connectivity index is 1.93. The number of carbonyl (C=O) groups is 2. The van der Waals surface area contributed by atoms with E-state index in [0.29, 0.717) is 10.6 Å². The number of halogens is 3. The van der Waals surface area contributed by atoms with Crippen LogP contribution in [0.1, 0.15) is 31.4 Å². The molecule has 8 heteroatoms. The second-order valence-electron chi connectivity index (χ2n) is 8.50. The van der Waals surface area contributed by atoms with Crippen LogP contribution in [0.2, 0.25) is 10.0 Å². The molecule has 0 aliphatic carbocycles. The highest BCUT2D eigenvalue weighted by Gasteiger charge is 2.31. The highest BCUT2D eigenvalue weighted by atomic mass is 35.5. The normalized spacial score (nSPS) is 12.5. The molecule has 5 nitrogen and oxygen atoms in total. The summed E-state index contributed by atoms with van der Waals surface area (Å²) in [6.45, 7) is 3.36. The Labute approximate surface area is 221 Å². The van der Waals surface area contributed by atoms with Crippen LogP contribution in [0.3, 0.4) is 0 Å². The van der Waals surface area contributed by atoms with Crippen molar-refractivity contribution in [3.8, 4) is 5.75 Å². The first kappa shape index (κ1) is 27.5. The van der Waals surface area contributed by atoms with Crippen molar-refractivity contribution in [2.45, 2.75) is 45.3 Å². The molecule has 0 bridgehead atoms. The molecule has 0 aromatic heterocycles. The highest BCUT2D eigenvalue weighted by Crippen LogP contribution is 2.27. The SMILES string of the molecule is CC[C@@H](C)NC(=O)[C@H](Cc1ccccc1)N(Cc1ccccc1F)C(=O)COc1ccc(Cl)cc1Cl. The zero-order valence-corrected chi connectivity index (χ0v) is 21.7. The molecule has 1 N–H and O–H groups in total. The molecule has 0 radical (unpaired) electrons. The lowest BCUT2D eigenvalue weighted by atomic mass is 10.0. The second-order valence-corrected chi connectivity index (χ2v) is 9.34. The summed E-state index contributed by atoms with van der Waals surface area (Å²) in [5, 5.41) is 3.66. The number of ether oxygens (including phenoxy) is 1. The van der Waals surface area contributed by atoms with Gasteiger partial charge in [-0.2, -0.15) is 0 Å². The number of nitrogens with one attached hydrogen (secondary N) is 1. The van der Waals surface area contributed by atoms with Crippen LogP contribution in [-0.2, 0) is 22.6 Å². The number of amides is 2. The Morgan fingerprint density at radius 1 is 1.03 bits per heavy atom. The summed E-state index contributed by atoms with van der Waals surface area (Å²) in [4.78, 5) is 28.3. The minimum atomic E-state index is -0.891. The van der Waals surface area contributed by atoms with Crippen LogP contribution in [-0.4, -0.2) is 35.4 Å². The summed E-state index contributed by atoms with van der Waals surface area (Å²) in [7, 11) is 0. The Kier molecular flexibility index (Phi) is 10.1. The molecule has 3 rings (SSSR count). The number of hydrogen-bond acceptors (Lipinski definition) is 3. The van der Waals surface area contributed by atoms with Gasteiger partial charge in [0.1, 0.15) is 17.6 Å². The van der Waals surface area contributed by atoms with Gasteiger partial charge in [0.15, 0.2) is 6.61 Å². The lowest BCUT2D eigenvalue weighted by Gasteiger charge is -2.32. The molecule has 0 heterocycles. The van der Waals surface area contributed by atoms with Gasteiger partial charge in [0.25, 0.3) is 5.91 Å². The molecule has 0 saturated carbocycles. The molecule has 190 valence electrons. The largest absolute Gasteiger partial charge is 0.482 e. The van der Waals surface area contributed by atoms with E-state index in [0.717, 1.165) is 12.0 Å². The van der Waals surface area contributed by atoms with Gasteiger partial charge < -0.3 is 15.0 Å². The zero-order valence-electron chi connectivity index (χ0n) is 20.2. The molecule has 2 amide bonds. The van der Waals surface area contributed by atoms with Gasteiger partial charge in [0, 0.05) is 29.6 Å². The fraction of sp³-hybridized carbons (Fsp3) is 0.286. The number of hydrogen-bond donors (Lipinski definition) is 1. The third-order valence-electron chi connectivity index (χ3n) is 5.82. The van der Waals surface area contributed by atoms with E-state index in [1.165, 1.54) is 17.0 Å². The van der Waals surface area contributed by atoms with Gasteiger partial charge in [0.2, 0.25) is 5.91 Å². The van der Waals surface area contributed by atoms with Crippen molar-refractivity contribution < 1.29 is 18.7 Å². The topological polar surface area (TPSA) is 58.6 Å². The average molecular weight is 531 g/mol. The standard InChI is InChI=1S/C28H29Cl2FN2O3/c1-3-19(2)32-28(35)25(15-20-9-5-4-6-10-20)33(17-21-11-7-8-12-24(21)31)27(34)18-36-26-14-13-22(29)16-23(26)30/h4-14,16,19,25H,3,15,17-18H2,1-2H3,(H,32,35)/t19-,25+/m1/s1. The van der Waals surface area contributed by atoms with Crippen LogP contribution in [0.5, 0.6) is 5.75 Å².